The minimum atomic E-state index is -4.94. The molecule has 0 fully saturated rings. The van der Waals surface area contributed by atoms with Crippen molar-refractivity contribution >= 4 is 34.1 Å². The van der Waals surface area contributed by atoms with Crippen LogP contribution in [0.1, 0.15) is 0 Å². The highest BCUT2D eigenvalue weighted by molar-refractivity contribution is 6.35. The van der Waals surface area contributed by atoms with Crippen molar-refractivity contribution in [3.05, 3.63) is 40.5 Å². The van der Waals surface area contributed by atoms with Crippen LogP contribution in [0.25, 0.3) is 10.9 Å². The molecule has 0 unspecified atom stereocenters. The molecule has 0 aliphatic heterocycles. The van der Waals surface area contributed by atoms with Gasteiger partial charge in [-0.25, -0.2) is 23.6 Å². The van der Waals surface area contributed by atoms with Crippen LogP contribution in [0.3, 0.4) is 0 Å². The van der Waals surface area contributed by atoms with E-state index < -0.39 is 10.2 Å². The van der Waals surface area contributed by atoms with E-state index in [0.717, 1.165) is 15.9 Å². The number of fused-ring (bicyclic) bond motifs is 1. The molecule has 0 atom stereocenters. The molecule has 2 aromatic rings. The summed E-state index contributed by atoms with van der Waals surface area (Å²) >= 11 is 11.8. The highest BCUT2D eigenvalue weighted by atomic mass is 35.7. The third-order valence-electron chi connectivity index (χ3n) is 1.71. The first-order chi connectivity index (χ1) is 7.77. The number of H-pyrrole nitrogens is 1. The molecule has 0 saturated carbocycles. The average Bonchev–Trinajstić information content (AvgIpc) is 2.14. The number of rotatable bonds is 0. The summed E-state index contributed by atoms with van der Waals surface area (Å²) in [6, 6.07) is 7.39. The first-order valence-corrected chi connectivity index (χ1v) is 6.13. The Morgan fingerprint density at radius 1 is 1.00 bits per heavy atom. The fraction of sp³-hybridized carbons (Fsp3) is 0. The summed E-state index contributed by atoms with van der Waals surface area (Å²) in [4.78, 5) is 3.06. The molecule has 1 heterocycles. The highest BCUT2D eigenvalue weighted by Gasteiger charge is 2.03. The van der Waals surface area contributed by atoms with E-state index >= 15 is 0 Å². The molecule has 8 heteroatoms. The maximum absolute atomic E-state index is 8.49. The van der Waals surface area contributed by atoms with Gasteiger partial charge in [-0.2, -0.15) is 0 Å². The number of nitrogens with one attached hydrogen (secondary N) is 1. The SMILES string of the molecule is Clc1ccc2c(Cl)cc[nH+]c2c1.[O-][Cl+3]([O-])([O-])[O-]. The average molecular weight is 299 g/mol. The minimum Gasteiger partial charge on any atom is -0.222 e. The number of aromatic amines is 1. The molecule has 17 heavy (non-hydrogen) atoms. The Morgan fingerprint density at radius 3 is 2.18 bits per heavy atom. The lowest BCUT2D eigenvalue weighted by Crippen LogP contribution is -2.68. The largest absolute Gasteiger partial charge is 0.222 e. The van der Waals surface area contributed by atoms with Crippen molar-refractivity contribution in [2.45, 2.75) is 0 Å². The van der Waals surface area contributed by atoms with Gasteiger partial charge in [-0.3, -0.25) is 0 Å². The number of hydrogen-bond acceptors (Lipinski definition) is 4. The predicted octanol–water partition coefficient (Wildman–Crippen LogP) is -1.80. The van der Waals surface area contributed by atoms with E-state index in [9.17, 15) is 0 Å². The van der Waals surface area contributed by atoms with Gasteiger partial charge >= 0.3 is 0 Å². The minimum absolute atomic E-state index is 0.709. The van der Waals surface area contributed by atoms with Crippen LogP contribution in [-0.2, 0) is 0 Å². The van der Waals surface area contributed by atoms with Crippen molar-refractivity contribution in [1.29, 1.82) is 0 Å². The zero-order valence-electron chi connectivity index (χ0n) is 8.15. The smallest absolute Gasteiger partial charge is 0.213 e. The molecule has 1 aromatic carbocycles. The fourth-order valence-electron chi connectivity index (χ4n) is 1.14. The molecule has 0 saturated heterocycles. The Labute approximate surface area is 109 Å². The molecule has 0 bridgehead atoms. The summed E-state index contributed by atoms with van der Waals surface area (Å²) in [5.41, 5.74) is 0.954. The van der Waals surface area contributed by atoms with Crippen LogP contribution in [0.15, 0.2) is 30.5 Å². The van der Waals surface area contributed by atoms with Crippen molar-refractivity contribution in [1.82, 2.24) is 0 Å². The summed E-state index contributed by atoms with van der Waals surface area (Å²) in [5, 5.41) is 2.44. The molecule has 1 N–H and O–H groups in total. The lowest BCUT2D eigenvalue weighted by Gasteiger charge is -2.17. The standard InChI is InChI=1S/C9H5Cl2N.ClHO4/c10-6-1-2-7-8(11)3-4-12-9(7)5-6;2-1(3,4)5/h1-5H;(H,2,3,4,5). The molecular weight excluding hydrogens is 292 g/mol. The molecule has 2 rings (SSSR count). The molecule has 0 radical (unpaired) electrons. The van der Waals surface area contributed by atoms with Crippen molar-refractivity contribution in [3.8, 4) is 0 Å². The summed E-state index contributed by atoms with van der Waals surface area (Å²) in [5.74, 6) is 0. The molecule has 0 aliphatic rings. The van der Waals surface area contributed by atoms with E-state index in [2.05, 4.69) is 4.98 Å². The summed E-state index contributed by atoms with van der Waals surface area (Å²) in [6.45, 7) is 0. The number of hydrogen-bond donors (Lipinski definition) is 0. The number of benzene rings is 1. The van der Waals surface area contributed by atoms with E-state index in [1.807, 2.05) is 24.3 Å². The van der Waals surface area contributed by atoms with Gasteiger partial charge in [0, 0.05) is 17.2 Å². The Bertz CT molecular complexity index is 509. The van der Waals surface area contributed by atoms with Crippen molar-refractivity contribution < 1.29 is 33.9 Å². The highest BCUT2D eigenvalue weighted by Crippen LogP contribution is 2.21. The molecule has 92 valence electrons. The zero-order valence-corrected chi connectivity index (χ0v) is 10.4. The van der Waals surface area contributed by atoms with E-state index in [-0.39, 0.29) is 0 Å². The quantitative estimate of drug-likeness (QED) is 0.572. The van der Waals surface area contributed by atoms with Crippen molar-refractivity contribution in [2.75, 3.05) is 0 Å². The van der Waals surface area contributed by atoms with Gasteiger partial charge in [0.15, 0.2) is 6.20 Å². The molecule has 5 nitrogen and oxygen atoms in total. The maximum Gasteiger partial charge on any atom is 0.213 e. The van der Waals surface area contributed by atoms with E-state index in [0.29, 0.717) is 5.02 Å². The van der Waals surface area contributed by atoms with Gasteiger partial charge in [-0.05, 0) is 12.1 Å². The number of halogens is 3. The second-order valence-electron chi connectivity index (χ2n) is 2.89. The maximum atomic E-state index is 8.49. The predicted molar refractivity (Wildman–Crippen MR) is 50.5 cm³/mol. The van der Waals surface area contributed by atoms with Crippen LogP contribution in [0, 0.1) is 10.2 Å². The van der Waals surface area contributed by atoms with E-state index in [1.54, 1.807) is 6.20 Å². The third kappa shape index (κ3) is 5.47. The van der Waals surface area contributed by atoms with Crippen LogP contribution in [0.2, 0.25) is 10.0 Å². The van der Waals surface area contributed by atoms with Crippen molar-refractivity contribution in [3.63, 3.8) is 0 Å². The second-order valence-corrected chi connectivity index (χ2v) is 4.49. The zero-order chi connectivity index (χ0) is 13.1. The first kappa shape index (κ1) is 14.4. The Hall–Kier alpha value is -0.660. The lowest BCUT2D eigenvalue weighted by molar-refractivity contribution is -2.00. The lowest BCUT2D eigenvalue weighted by atomic mass is 10.2. The molecule has 0 spiro atoms. The van der Waals surface area contributed by atoms with Crippen LogP contribution >= 0.6 is 23.2 Å². The molecule has 1 aromatic heterocycles. The van der Waals surface area contributed by atoms with Crippen LogP contribution < -0.4 is 23.6 Å². The van der Waals surface area contributed by atoms with E-state index in [4.69, 9.17) is 41.8 Å². The van der Waals surface area contributed by atoms with Crippen LogP contribution in [0.4, 0.5) is 0 Å². The van der Waals surface area contributed by atoms with Gasteiger partial charge < -0.3 is 0 Å². The summed E-state index contributed by atoms with van der Waals surface area (Å²) in [7, 11) is -4.94. The van der Waals surface area contributed by atoms with E-state index in [1.165, 1.54) is 0 Å². The fourth-order valence-corrected chi connectivity index (χ4v) is 1.54. The molecule has 0 aliphatic carbocycles. The van der Waals surface area contributed by atoms with Gasteiger partial charge in [0.25, 0.3) is 0 Å². The summed E-state index contributed by atoms with van der Waals surface area (Å²) in [6.07, 6.45) is 1.79. The number of pyridine rings is 1. The third-order valence-corrected chi connectivity index (χ3v) is 2.27. The topological polar surface area (TPSA) is 106 Å². The van der Waals surface area contributed by atoms with Gasteiger partial charge in [0.1, 0.15) is 0 Å². The second kappa shape index (κ2) is 5.79. The van der Waals surface area contributed by atoms with Gasteiger partial charge in [-0.15, -0.1) is 10.2 Å². The Morgan fingerprint density at radius 2 is 1.59 bits per heavy atom. The van der Waals surface area contributed by atoms with Gasteiger partial charge in [-0.1, -0.05) is 23.2 Å². The van der Waals surface area contributed by atoms with Gasteiger partial charge in [0.05, 0.1) is 10.4 Å². The first-order valence-electron chi connectivity index (χ1n) is 4.14. The summed E-state index contributed by atoms with van der Waals surface area (Å²) < 4.78 is 34.0. The Balaban J connectivity index is 0.000000249. The number of aromatic nitrogens is 1. The Kier molecular flexibility index (Phi) is 4.91. The molecule has 0 amide bonds. The molecular formula is C9H6Cl3NO4. The van der Waals surface area contributed by atoms with Crippen molar-refractivity contribution in [2.24, 2.45) is 0 Å². The van der Waals surface area contributed by atoms with Crippen LogP contribution in [-0.4, -0.2) is 0 Å². The van der Waals surface area contributed by atoms with Crippen LogP contribution in [0.5, 0.6) is 0 Å². The van der Waals surface area contributed by atoms with Gasteiger partial charge in [0.2, 0.25) is 5.52 Å². The normalized spacial score (nSPS) is 10.9. The monoisotopic (exact) mass is 297 g/mol.